The van der Waals surface area contributed by atoms with Crippen LogP contribution in [0.3, 0.4) is 0 Å². The zero-order valence-electron chi connectivity index (χ0n) is 11.0. The molecule has 6 heteroatoms. The summed E-state index contributed by atoms with van der Waals surface area (Å²) in [6.07, 6.45) is 2.38. The molecular formula is C14H17N3OS2. The highest BCUT2D eigenvalue weighted by Gasteiger charge is 2.31. The van der Waals surface area contributed by atoms with Crippen molar-refractivity contribution >= 4 is 39.2 Å². The number of nitrogens with one attached hydrogen (secondary N) is 1. The van der Waals surface area contributed by atoms with Gasteiger partial charge in [0.25, 0.3) is 0 Å². The number of rotatable bonds is 6. The lowest BCUT2D eigenvalue weighted by Gasteiger charge is -2.15. The molecule has 3 rings (SSSR count). The monoisotopic (exact) mass is 307 g/mol. The van der Waals surface area contributed by atoms with Gasteiger partial charge in [0.05, 0.1) is 16.0 Å². The minimum absolute atomic E-state index is 0.0524. The van der Waals surface area contributed by atoms with E-state index in [0.29, 0.717) is 18.2 Å². The minimum atomic E-state index is 0.0524. The van der Waals surface area contributed by atoms with Gasteiger partial charge in [-0.05, 0) is 30.9 Å². The average Bonchev–Trinajstić information content (AvgIpc) is 3.21. The number of thioether (sulfide) groups is 1. The summed E-state index contributed by atoms with van der Waals surface area (Å²) < 4.78 is 2.10. The van der Waals surface area contributed by atoms with Crippen molar-refractivity contribution in [1.29, 1.82) is 0 Å². The number of para-hydroxylation sites is 1. The highest BCUT2D eigenvalue weighted by atomic mass is 32.2. The van der Waals surface area contributed by atoms with E-state index in [0.717, 1.165) is 14.6 Å². The van der Waals surface area contributed by atoms with Crippen molar-refractivity contribution < 1.29 is 4.79 Å². The SMILES string of the molecule is NCC(NC(=O)CSc1nc2ccccc2s1)C1CC1. The van der Waals surface area contributed by atoms with Crippen molar-refractivity contribution in [3.63, 3.8) is 0 Å². The number of amides is 1. The zero-order valence-corrected chi connectivity index (χ0v) is 12.7. The molecule has 0 spiro atoms. The largest absolute Gasteiger partial charge is 0.351 e. The minimum Gasteiger partial charge on any atom is -0.351 e. The molecule has 1 aliphatic rings. The maximum Gasteiger partial charge on any atom is 0.230 e. The summed E-state index contributed by atoms with van der Waals surface area (Å²) in [4.78, 5) is 16.4. The number of nitrogens with two attached hydrogens (primary N) is 1. The maximum absolute atomic E-state index is 11.9. The topological polar surface area (TPSA) is 68.0 Å². The van der Waals surface area contributed by atoms with E-state index in [1.54, 1.807) is 11.3 Å². The van der Waals surface area contributed by atoms with Crippen molar-refractivity contribution in [1.82, 2.24) is 10.3 Å². The van der Waals surface area contributed by atoms with Gasteiger partial charge in [-0.15, -0.1) is 11.3 Å². The smallest absolute Gasteiger partial charge is 0.230 e. The quantitative estimate of drug-likeness (QED) is 0.803. The lowest BCUT2D eigenvalue weighted by Crippen LogP contribution is -2.42. The van der Waals surface area contributed by atoms with Gasteiger partial charge in [0, 0.05) is 12.6 Å². The number of hydrogen-bond acceptors (Lipinski definition) is 5. The molecule has 0 bridgehead atoms. The number of benzene rings is 1. The Morgan fingerprint density at radius 2 is 2.30 bits per heavy atom. The fourth-order valence-electron chi connectivity index (χ4n) is 2.16. The molecule has 1 saturated carbocycles. The van der Waals surface area contributed by atoms with Gasteiger partial charge in [0.2, 0.25) is 5.91 Å². The second-order valence-corrected chi connectivity index (χ2v) is 7.24. The van der Waals surface area contributed by atoms with Crippen LogP contribution in [0.1, 0.15) is 12.8 Å². The van der Waals surface area contributed by atoms with E-state index in [2.05, 4.69) is 16.4 Å². The van der Waals surface area contributed by atoms with Crippen LogP contribution in [0.15, 0.2) is 28.6 Å². The van der Waals surface area contributed by atoms with Crippen molar-refractivity contribution in [3.05, 3.63) is 24.3 Å². The van der Waals surface area contributed by atoms with Gasteiger partial charge in [0.15, 0.2) is 4.34 Å². The van der Waals surface area contributed by atoms with Crippen LogP contribution in [0.5, 0.6) is 0 Å². The molecule has 1 aromatic heterocycles. The predicted octanol–water partition coefficient (Wildman–Crippen LogP) is 2.24. The summed E-state index contributed by atoms with van der Waals surface area (Å²) >= 11 is 3.12. The van der Waals surface area contributed by atoms with Crippen molar-refractivity contribution in [2.75, 3.05) is 12.3 Å². The second kappa shape index (κ2) is 6.11. The number of thiazole rings is 1. The van der Waals surface area contributed by atoms with Crippen LogP contribution in [0, 0.1) is 5.92 Å². The lowest BCUT2D eigenvalue weighted by molar-refractivity contribution is -0.119. The van der Waals surface area contributed by atoms with Gasteiger partial charge in [-0.3, -0.25) is 4.79 Å². The molecule has 1 heterocycles. The van der Waals surface area contributed by atoms with Crippen molar-refractivity contribution in [3.8, 4) is 0 Å². The third kappa shape index (κ3) is 3.31. The standard InChI is InChI=1S/C14H17N3OS2/c15-7-11(9-5-6-9)16-13(18)8-19-14-17-10-3-1-2-4-12(10)20-14/h1-4,9,11H,5-8,15H2,(H,16,18). The molecule has 0 saturated heterocycles. The number of nitrogens with zero attached hydrogens (tertiary/aromatic N) is 1. The first kappa shape index (κ1) is 13.9. The van der Waals surface area contributed by atoms with Crippen LogP contribution in [0.4, 0.5) is 0 Å². The Balaban J connectivity index is 1.54. The van der Waals surface area contributed by atoms with Gasteiger partial charge < -0.3 is 11.1 Å². The first-order valence-electron chi connectivity index (χ1n) is 6.74. The number of carbonyl (C=O) groups is 1. The van der Waals surface area contributed by atoms with Crippen LogP contribution >= 0.6 is 23.1 Å². The van der Waals surface area contributed by atoms with E-state index in [9.17, 15) is 4.79 Å². The normalized spacial score (nSPS) is 16.2. The van der Waals surface area contributed by atoms with Gasteiger partial charge in [-0.2, -0.15) is 0 Å². The maximum atomic E-state index is 11.9. The zero-order chi connectivity index (χ0) is 13.9. The van der Waals surface area contributed by atoms with E-state index in [4.69, 9.17) is 5.73 Å². The van der Waals surface area contributed by atoms with E-state index in [1.165, 1.54) is 24.6 Å². The molecule has 1 unspecified atom stereocenters. The molecule has 20 heavy (non-hydrogen) atoms. The molecule has 2 aromatic rings. The van der Waals surface area contributed by atoms with Gasteiger partial charge >= 0.3 is 0 Å². The fourth-order valence-corrected chi connectivity index (χ4v) is 4.04. The Labute approximate surface area is 126 Å². The molecule has 0 radical (unpaired) electrons. The van der Waals surface area contributed by atoms with E-state index >= 15 is 0 Å². The van der Waals surface area contributed by atoms with Crippen LogP contribution in [0.25, 0.3) is 10.2 Å². The second-order valence-electron chi connectivity index (χ2n) is 4.98. The summed E-state index contributed by atoms with van der Waals surface area (Å²) in [6.45, 7) is 0.530. The molecule has 4 nitrogen and oxygen atoms in total. The Morgan fingerprint density at radius 1 is 1.50 bits per heavy atom. The fraction of sp³-hybridized carbons (Fsp3) is 0.429. The van der Waals surface area contributed by atoms with Gasteiger partial charge in [0.1, 0.15) is 0 Å². The predicted molar refractivity (Wildman–Crippen MR) is 84.1 cm³/mol. The average molecular weight is 307 g/mol. The molecule has 3 N–H and O–H groups in total. The molecule has 1 aromatic carbocycles. The lowest BCUT2D eigenvalue weighted by atomic mass is 10.2. The molecule has 106 valence electrons. The van der Waals surface area contributed by atoms with E-state index in [1.807, 2.05) is 18.2 Å². The van der Waals surface area contributed by atoms with Gasteiger partial charge in [-0.1, -0.05) is 23.9 Å². The van der Waals surface area contributed by atoms with E-state index < -0.39 is 0 Å². The third-order valence-corrected chi connectivity index (χ3v) is 5.57. The van der Waals surface area contributed by atoms with Crippen molar-refractivity contribution in [2.24, 2.45) is 11.7 Å². The van der Waals surface area contributed by atoms with Crippen LogP contribution in [0.2, 0.25) is 0 Å². The first-order valence-corrected chi connectivity index (χ1v) is 8.54. The molecular weight excluding hydrogens is 290 g/mol. The summed E-state index contributed by atoms with van der Waals surface area (Å²) in [7, 11) is 0. The third-order valence-electron chi connectivity index (χ3n) is 3.39. The number of aromatic nitrogens is 1. The molecule has 0 aliphatic heterocycles. The number of carbonyl (C=O) groups excluding carboxylic acids is 1. The van der Waals surface area contributed by atoms with Crippen LogP contribution in [-0.2, 0) is 4.79 Å². The molecule has 1 fully saturated rings. The van der Waals surface area contributed by atoms with E-state index in [-0.39, 0.29) is 11.9 Å². The highest BCUT2D eigenvalue weighted by Crippen LogP contribution is 2.32. The number of hydrogen-bond donors (Lipinski definition) is 2. The molecule has 1 atom stereocenters. The van der Waals surface area contributed by atoms with Crippen molar-refractivity contribution in [2.45, 2.75) is 23.2 Å². The summed E-state index contributed by atoms with van der Waals surface area (Å²) in [5.41, 5.74) is 6.69. The Bertz CT molecular complexity index is 576. The van der Waals surface area contributed by atoms with Gasteiger partial charge in [-0.25, -0.2) is 4.98 Å². The molecule has 1 amide bonds. The Hall–Kier alpha value is -1.11. The summed E-state index contributed by atoms with van der Waals surface area (Å²) in [5, 5.41) is 3.02. The first-order chi connectivity index (χ1) is 9.76. The van der Waals surface area contributed by atoms with Crippen LogP contribution in [-0.4, -0.2) is 29.2 Å². The Kier molecular flexibility index (Phi) is 4.24. The summed E-state index contributed by atoms with van der Waals surface area (Å²) in [6, 6.07) is 8.18. The number of fused-ring (bicyclic) bond motifs is 1. The molecule has 1 aliphatic carbocycles. The van der Waals surface area contributed by atoms with Crippen LogP contribution < -0.4 is 11.1 Å². The Morgan fingerprint density at radius 3 is 3.00 bits per heavy atom. The summed E-state index contributed by atoms with van der Waals surface area (Å²) in [5.74, 6) is 1.05. The highest BCUT2D eigenvalue weighted by molar-refractivity contribution is 8.01.